The van der Waals surface area contributed by atoms with Crippen molar-refractivity contribution in [3.8, 4) is 0 Å². The van der Waals surface area contributed by atoms with E-state index in [0.29, 0.717) is 23.4 Å². The lowest BCUT2D eigenvalue weighted by atomic mass is 9.90. The van der Waals surface area contributed by atoms with Gasteiger partial charge in [0.25, 0.3) is 0 Å². The highest BCUT2D eigenvalue weighted by atomic mass is 32.2. The fraction of sp³-hybridized carbons (Fsp3) is 0.360. The quantitative estimate of drug-likeness (QED) is 0.515. The van der Waals surface area contributed by atoms with E-state index >= 15 is 0 Å². The first-order valence-electron chi connectivity index (χ1n) is 11.3. The number of nitrogens with two attached hydrogens (primary N) is 1. The van der Waals surface area contributed by atoms with E-state index in [1.54, 1.807) is 0 Å². The average Bonchev–Trinajstić information content (AvgIpc) is 2.83. The molecule has 7 nitrogen and oxygen atoms in total. The van der Waals surface area contributed by atoms with Gasteiger partial charge < -0.3 is 16.0 Å². The zero-order valence-corrected chi connectivity index (χ0v) is 19.7. The fourth-order valence-corrected chi connectivity index (χ4v) is 4.86. The van der Waals surface area contributed by atoms with Gasteiger partial charge in [-0.05, 0) is 49.8 Å². The molecule has 0 aliphatic carbocycles. The number of anilines is 3. The SMILES string of the molecule is CC(SCc1nc(N)nc(Nc2ccccc2)n1)C(=O)N1CCC(Cc2ccccc2)CC1. The Bertz CT molecular complexity index is 1040. The second kappa shape index (κ2) is 11.1. The molecule has 1 aliphatic heterocycles. The van der Waals surface area contributed by atoms with Gasteiger partial charge in [0, 0.05) is 18.8 Å². The Morgan fingerprint density at radius 2 is 1.73 bits per heavy atom. The van der Waals surface area contributed by atoms with E-state index < -0.39 is 0 Å². The van der Waals surface area contributed by atoms with Gasteiger partial charge in [-0.25, -0.2) is 0 Å². The second-order valence-corrected chi connectivity index (χ2v) is 9.67. The highest BCUT2D eigenvalue weighted by Gasteiger charge is 2.26. The van der Waals surface area contributed by atoms with Gasteiger partial charge in [-0.3, -0.25) is 4.79 Å². The number of piperidine rings is 1. The van der Waals surface area contributed by atoms with Gasteiger partial charge in [-0.2, -0.15) is 15.0 Å². The van der Waals surface area contributed by atoms with Crippen LogP contribution in [0.15, 0.2) is 60.7 Å². The molecule has 1 saturated heterocycles. The third kappa shape index (κ3) is 6.68. The number of nitrogen functional groups attached to an aromatic ring is 1. The number of benzene rings is 2. The van der Waals surface area contributed by atoms with Crippen LogP contribution in [0.3, 0.4) is 0 Å². The molecule has 1 unspecified atom stereocenters. The van der Waals surface area contributed by atoms with Crippen LogP contribution in [0.1, 0.15) is 31.2 Å². The summed E-state index contributed by atoms with van der Waals surface area (Å²) >= 11 is 1.53. The lowest BCUT2D eigenvalue weighted by molar-refractivity contribution is -0.131. The molecule has 0 spiro atoms. The van der Waals surface area contributed by atoms with Crippen molar-refractivity contribution in [2.75, 3.05) is 24.1 Å². The number of amides is 1. The summed E-state index contributed by atoms with van der Waals surface area (Å²) in [6.45, 7) is 3.60. The number of nitrogens with one attached hydrogen (secondary N) is 1. The molecule has 1 aliphatic rings. The van der Waals surface area contributed by atoms with Crippen molar-refractivity contribution in [3.05, 3.63) is 72.1 Å². The highest BCUT2D eigenvalue weighted by molar-refractivity contribution is 7.99. The van der Waals surface area contributed by atoms with Crippen LogP contribution in [-0.4, -0.2) is 44.1 Å². The average molecular weight is 463 g/mol. The van der Waals surface area contributed by atoms with Crippen LogP contribution in [-0.2, 0) is 17.0 Å². The number of thioether (sulfide) groups is 1. The third-order valence-corrected chi connectivity index (χ3v) is 6.96. The molecular weight excluding hydrogens is 432 g/mol. The molecule has 0 saturated carbocycles. The second-order valence-electron chi connectivity index (χ2n) is 8.34. The van der Waals surface area contributed by atoms with E-state index in [2.05, 4.69) is 50.6 Å². The standard InChI is InChI=1S/C25H30N6OS/c1-18(23(32)31-14-12-20(13-15-31)16-19-8-4-2-5-9-19)33-17-22-28-24(26)30-25(29-22)27-21-10-6-3-7-11-21/h2-11,18,20H,12-17H2,1H3,(H3,26,27,28,29,30). The molecule has 2 heterocycles. The number of hydrogen-bond donors (Lipinski definition) is 2. The van der Waals surface area contributed by atoms with Crippen molar-refractivity contribution in [2.45, 2.75) is 37.2 Å². The van der Waals surface area contributed by atoms with Crippen molar-refractivity contribution in [1.82, 2.24) is 19.9 Å². The molecule has 0 bridgehead atoms. The van der Waals surface area contributed by atoms with E-state index in [0.717, 1.165) is 38.0 Å². The van der Waals surface area contributed by atoms with Gasteiger partial charge in [0.1, 0.15) is 5.82 Å². The number of para-hydroxylation sites is 1. The number of nitrogens with zero attached hydrogens (tertiary/aromatic N) is 4. The van der Waals surface area contributed by atoms with Crippen LogP contribution < -0.4 is 11.1 Å². The topological polar surface area (TPSA) is 97.0 Å². The Hall–Kier alpha value is -3.13. The van der Waals surface area contributed by atoms with Gasteiger partial charge in [0.05, 0.1) is 11.0 Å². The first kappa shape index (κ1) is 23.0. The van der Waals surface area contributed by atoms with E-state index in [1.807, 2.05) is 42.2 Å². The summed E-state index contributed by atoms with van der Waals surface area (Å²) in [5, 5.41) is 2.97. The van der Waals surface area contributed by atoms with E-state index in [9.17, 15) is 4.79 Å². The molecule has 4 rings (SSSR count). The van der Waals surface area contributed by atoms with Crippen molar-refractivity contribution >= 4 is 35.3 Å². The molecule has 1 fully saturated rings. The maximum atomic E-state index is 13.0. The van der Waals surface area contributed by atoms with Crippen molar-refractivity contribution in [2.24, 2.45) is 5.92 Å². The predicted octanol–water partition coefficient (Wildman–Crippen LogP) is 4.30. The summed E-state index contributed by atoms with van der Waals surface area (Å²) in [7, 11) is 0. The normalized spacial score (nSPS) is 15.2. The van der Waals surface area contributed by atoms with Crippen molar-refractivity contribution < 1.29 is 4.79 Å². The zero-order valence-electron chi connectivity index (χ0n) is 18.9. The minimum Gasteiger partial charge on any atom is -0.368 e. The predicted molar refractivity (Wildman–Crippen MR) is 134 cm³/mol. The summed E-state index contributed by atoms with van der Waals surface area (Å²) in [6, 6.07) is 20.3. The molecule has 3 N–H and O–H groups in total. The monoisotopic (exact) mass is 462 g/mol. The van der Waals surface area contributed by atoms with Crippen LogP contribution in [0.25, 0.3) is 0 Å². The van der Waals surface area contributed by atoms with E-state index in [1.165, 1.54) is 17.3 Å². The molecule has 1 amide bonds. The van der Waals surface area contributed by atoms with Crippen LogP contribution in [0.5, 0.6) is 0 Å². The summed E-state index contributed by atoms with van der Waals surface area (Å²) < 4.78 is 0. The largest absolute Gasteiger partial charge is 0.368 e. The number of hydrogen-bond acceptors (Lipinski definition) is 7. The Morgan fingerprint density at radius 3 is 2.42 bits per heavy atom. The van der Waals surface area contributed by atoms with Crippen molar-refractivity contribution in [1.29, 1.82) is 0 Å². The van der Waals surface area contributed by atoms with Crippen molar-refractivity contribution in [3.63, 3.8) is 0 Å². The fourth-order valence-electron chi connectivity index (χ4n) is 4.04. The van der Waals surface area contributed by atoms with Gasteiger partial charge in [-0.15, -0.1) is 11.8 Å². The van der Waals surface area contributed by atoms with Gasteiger partial charge in [0.15, 0.2) is 0 Å². The Morgan fingerprint density at radius 1 is 1.06 bits per heavy atom. The molecule has 8 heteroatoms. The lowest BCUT2D eigenvalue weighted by Gasteiger charge is -2.33. The smallest absolute Gasteiger partial charge is 0.235 e. The van der Waals surface area contributed by atoms with E-state index in [4.69, 9.17) is 5.73 Å². The minimum atomic E-state index is -0.167. The van der Waals surface area contributed by atoms with Crippen LogP contribution in [0, 0.1) is 5.92 Å². The van der Waals surface area contributed by atoms with Gasteiger partial charge in [-0.1, -0.05) is 48.5 Å². The van der Waals surface area contributed by atoms with E-state index in [-0.39, 0.29) is 17.1 Å². The Kier molecular flexibility index (Phi) is 7.78. The number of carbonyl (C=O) groups excluding carboxylic acids is 1. The number of likely N-dealkylation sites (tertiary alicyclic amines) is 1. The molecule has 0 radical (unpaired) electrons. The Balaban J connectivity index is 1.26. The number of rotatable bonds is 8. The maximum Gasteiger partial charge on any atom is 0.235 e. The van der Waals surface area contributed by atoms with Gasteiger partial charge >= 0.3 is 0 Å². The van der Waals surface area contributed by atoms with Crippen LogP contribution in [0.4, 0.5) is 17.6 Å². The summed E-state index contributed by atoms with van der Waals surface area (Å²) in [4.78, 5) is 27.8. The van der Waals surface area contributed by atoms with Crippen LogP contribution >= 0.6 is 11.8 Å². The lowest BCUT2D eigenvalue weighted by Crippen LogP contribution is -2.42. The molecule has 1 aromatic heterocycles. The molecular formula is C25H30N6OS. The summed E-state index contributed by atoms with van der Waals surface area (Å²) in [6.07, 6.45) is 3.19. The van der Waals surface area contributed by atoms with Crippen LogP contribution in [0.2, 0.25) is 0 Å². The molecule has 172 valence electrons. The zero-order chi connectivity index (χ0) is 23.0. The first-order chi connectivity index (χ1) is 16.1. The highest BCUT2D eigenvalue weighted by Crippen LogP contribution is 2.25. The third-order valence-electron chi connectivity index (χ3n) is 5.83. The molecule has 1 atom stereocenters. The number of aromatic nitrogens is 3. The summed E-state index contributed by atoms with van der Waals surface area (Å²) in [5.74, 6) is 2.45. The molecule has 33 heavy (non-hydrogen) atoms. The first-order valence-corrected chi connectivity index (χ1v) is 12.4. The molecule has 3 aromatic rings. The maximum absolute atomic E-state index is 13.0. The number of carbonyl (C=O) groups is 1. The minimum absolute atomic E-state index is 0.165. The van der Waals surface area contributed by atoms with Gasteiger partial charge in [0.2, 0.25) is 17.8 Å². The molecule has 2 aromatic carbocycles. The Labute approximate surface area is 199 Å². The summed E-state index contributed by atoms with van der Waals surface area (Å²) in [5.41, 5.74) is 8.13.